The molecule has 0 bridgehead atoms. The van der Waals surface area contributed by atoms with Crippen molar-refractivity contribution < 1.29 is 4.92 Å². The van der Waals surface area contributed by atoms with Crippen LogP contribution in [0.2, 0.25) is 0 Å². The Bertz CT molecular complexity index is 543. The number of hydrogen-bond acceptors (Lipinski definition) is 5. The van der Waals surface area contributed by atoms with Crippen LogP contribution in [0.1, 0.15) is 0 Å². The Morgan fingerprint density at radius 3 is 3.00 bits per heavy atom. The molecule has 0 aliphatic rings. The van der Waals surface area contributed by atoms with Gasteiger partial charge in [0.25, 0.3) is 5.69 Å². The van der Waals surface area contributed by atoms with Crippen molar-refractivity contribution in [1.82, 2.24) is 14.8 Å². The van der Waals surface area contributed by atoms with Gasteiger partial charge in [-0.15, -0.1) is 0 Å². The van der Waals surface area contributed by atoms with Crippen LogP contribution in [0.3, 0.4) is 0 Å². The van der Waals surface area contributed by atoms with E-state index in [0.29, 0.717) is 23.4 Å². The third-order valence-electron chi connectivity index (χ3n) is 2.23. The second kappa shape index (κ2) is 5.58. The number of anilines is 1. The molecule has 0 spiro atoms. The molecule has 1 N–H and O–H groups in total. The molecule has 0 amide bonds. The van der Waals surface area contributed by atoms with Crippen molar-refractivity contribution in [2.45, 2.75) is 6.54 Å². The van der Waals surface area contributed by atoms with Crippen LogP contribution in [0.25, 0.3) is 0 Å². The SMILES string of the molecule is O=[N+]([O-])c1cnc(NCCn2cccn2)c(Br)c1. The molecule has 2 aromatic heterocycles. The topological polar surface area (TPSA) is 85.9 Å². The van der Waals surface area contributed by atoms with Crippen LogP contribution in [0.5, 0.6) is 0 Å². The Morgan fingerprint density at radius 2 is 2.39 bits per heavy atom. The van der Waals surface area contributed by atoms with Crippen LogP contribution in [0.4, 0.5) is 11.5 Å². The molecular formula is C10H10BrN5O2. The largest absolute Gasteiger partial charge is 0.367 e. The maximum Gasteiger partial charge on any atom is 0.288 e. The minimum atomic E-state index is -0.481. The number of aromatic nitrogens is 3. The van der Waals surface area contributed by atoms with Crippen molar-refractivity contribution in [2.24, 2.45) is 0 Å². The molecule has 0 saturated heterocycles. The molecule has 0 atom stereocenters. The highest BCUT2D eigenvalue weighted by Crippen LogP contribution is 2.24. The summed E-state index contributed by atoms with van der Waals surface area (Å²) in [5.74, 6) is 0.577. The predicted octanol–water partition coefficient (Wildman–Crippen LogP) is 2.06. The zero-order valence-electron chi connectivity index (χ0n) is 9.28. The molecule has 18 heavy (non-hydrogen) atoms. The summed E-state index contributed by atoms with van der Waals surface area (Å²) < 4.78 is 2.35. The monoisotopic (exact) mass is 311 g/mol. The number of pyridine rings is 1. The van der Waals surface area contributed by atoms with Crippen molar-refractivity contribution in [1.29, 1.82) is 0 Å². The summed E-state index contributed by atoms with van der Waals surface area (Å²) in [6.07, 6.45) is 4.79. The lowest BCUT2D eigenvalue weighted by atomic mass is 10.4. The summed E-state index contributed by atoms with van der Waals surface area (Å²) in [5.41, 5.74) is -0.0421. The van der Waals surface area contributed by atoms with Gasteiger partial charge in [-0.2, -0.15) is 5.10 Å². The molecule has 0 saturated carbocycles. The van der Waals surface area contributed by atoms with Gasteiger partial charge in [0.2, 0.25) is 0 Å². The Hall–Kier alpha value is -1.96. The summed E-state index contributed by atoms with van der Waals surface area (Å²) in [7, 11) is 0. The van der Waals surface area contributed by atoms with Gasteiger partial charge in [-0.05, 0) is 22.0 Å². The third-order valence-corrected chi connectivity index (χ3v) is 2.83. The zero-order valence-corrected chi connectivity index (χ0v) is 10.9. The number of nitrogens with zero attached hydrogens (tertiary/aromatic N) is 4. The summed E-state index contributed by atoms with van der Waals surface area (Å²) in [4.78, 5) is 14.1. The van der Waals surface area contributed by atoms with E-state index in [1.807, 2.05) is 12.3 Å². The van der Waals surface area contributed by atoms with Crippen LogP contribution >= 0.6 is 15.9 Å². The molecule has 0 aromatic carbocycles. The number of rotatable bonds is 5. The highest BCUT2D eigenvalue weighted by molar-refractivity contribution is 9.10. The third kappa shape index (κ3) is 3.04. The second-order valence-corrected chi connectivity index (χ2v) is 4.33. The number of nitrogens with one attached hydrogen (secondary N) is 1. The summed E-state index contributed by atoms with van der Waals surface area (Å²) in [6.45, 7) is 1.32. The van der Waals surface area contributed by atoms with E-state index in [9.17, 15) is 10.1 Å². The Labute approximate surface area is 111 Å². The molecule has 0 unspecified atom stereocenters. The molecule has 0 aliphatic carbocycles. The minimum Gasteiger partial charge on any atom is -0.367 e. The zero-order chi connectivity index (χ0) is 13.0. The molecule has 2 aromatic rings. The quantitative estimate of drug-likeness (QED) is 0.674. The van der Waals surface area contributed by atoms with Crippen molar-refractivity contribution in [3.63, 3.8) is 0 Å². The Balaban J connectivity index is 1.95. The van der Waals surface area contributed by atoms with Crippen molar-refractivity contribution in [2.75, 3.05) is 11.9 Å². The van der Waals surface area contributed by atoms with Gasteiger partial charge in [0.05, 0.1) is 15.9 Å². The van der Waals surface area contributed by atoms with E-state index in [2.05, 4.69) is 31.3 Å². The summed E-state index contributed by atoms with van der Waals surface area (Å²) >= 11 is 3.24. The first kappa shape index (κ1) is 12.5. The van der Waals surface area contributed by atoms with E-state index in [4.69, 9.17) is 0 Å². The second-order valence-electron chi connectivity index (χ2n) is 3.48. The van der Waals surface area contributed by atoms with Crippen LogP contribution in [0.15, 0.2) is 35.2 Å². The first-order valence-electron chi connectivity index (χ1n) is 5.18. The fraction of sp³-hybridized carbons (Fsp3) is 0.200. The maximum atomic E-state index is 10.5. The standard InChI is InChI=1S/C10H10BrN5O2/c11-9-6-8(16(17)18)7-13-10(9)12-3-5-15-4-1-2-14-15/h1-2,4,6-7H,3,5H2,(H,12,13). The molecule has 2 rings (SSSR count). The molecule has 2 heterocycles. The van der Waals surface area contributed by atoms with Gasteiger partial charge < -0.3 is 5.32 Å². The number of nitro groups is 1. The molecule has 0 fully saturated rings. The first-order valence-corrected chi connectivity index (χ1v) is 5.97. The van der Waals surface area contributed by atoms with E-state index in [1.54, 1.807) is 10.9 Å². The van der Waals surface area contributed by atoms with Crippen molar-refractivity contribution in [3.8, 4) is 0 Å². The van der Waals surface area contributed by atoms with Crippen LogP contribution < -0.4 is 5.32 Å². The van der Waals surface area contributed by atoms with Gasteiger partial charge in [-0.1, -0.05) is 0 Å². The molecule has 94 valence electrons. The predicted molar refractivity (Wildman–Crippen MR) is 69.3 cm³/mol. The number of halogens is 1. The van der Waals surface area contributed by atoms with Gasteiger partial charge in [-0.3, -0.25) is 14.8 Å². The van der Waals surface area contributed by atoms with E-state index >= 15 is 0 Å². The van der Waals surface area contributed by atoms with E-state index in [-0.39, 0.29) is 5.69 Å². The first-order chi connectivity index (χ1) is 8.66. The fourth-order valence-corrected chi connectivity index (χ4v) is 1.86. The van der Waals surface area contributed by atoms with Gasteiger partial charge in [0, 0.05) is 25.0 Å². The van der Waals surface area contributed by atoms with Crippen LogP contribution in [-0.4, -0.2) is 26.2 Å². The lowest BCUT2D eigenvalue weighted by molar-refractivity contribution is -0.385. The molecule has 7 nitrogen and oxygen atoms in total. The lowest BCUT2D eigenvalue weighted by Crippen LogP contribution is -2.12. The van der Waals surface area contributed by atoms with E-state index in [1.165, 1.54) is 12.3 Å². The molecule has 0 aliphatic heterocycles. The van der Waals surface area contributed by atoms with Crippen LogP contribution in [-0.2, 0) is 6.54 Å². The van der Waals surface area contributed by atoms with Gasteiger partial charge >= 0.3 is 0 Å². The maximum absolute atomic E-state index is 10.5. The summed E-state index contributed by atoms with van der Waals surface area (Å²) in [5, 5.41) is 17.7. The van der Waals surface area contributed by atoms with Gasteiger partial charge in [0.1, 0.15) is 12.0 Å². The molecule has 8 heteroatoms. The highest BCUT2D eigenvalue weighted by Gasteiger charge is 2.09. The van der Waals surface area contributed by atoms with Crippen LogP contribution in [0, 0.1) is 10.1 Å². The Morgan fingerprint density at radius 1 is 1.56 bits per heavy atom. The van der Waals surface area contributed by atoms with Crippen molar-refractivity contribution >= 4 is 27.4 Å². The molecule has 0 radical (unpaired) electrons. The average molecular weight is 312 g/mol. The van der Waals surface area contributed by atoms with Gasteiger partial charge in [-0.25, -0.2) is 4.98 Å². The fourth-order valence-electron chi connectivity index (χ4n) is 1.38. The van der Waals surface area contributed by atoms with Gasteiger partial charge in [0.15, 0.2) is 0 Å². The summed E-state index contributed by atoms with van der Waals surface area (Å²) in [6, 6.07) is 3.27. The number of hydrogen-bond donors (Lipinski definition) is 1. The molecular weight excluding hydrogens is 302 g/mol. The average Bonchev–Trinajstić information content (AvgIpc) is 2.84. The van der Waals surface area contributed by atoms with E-state index < -0.39 is 4.92 Å². The Kier molecular flexibility index (Phi) is 3.88. The smallest absolute Gasteiger partial charge is 0.288 e. The van der Waals surface area contributed by atoms with E-state index in [0.717, 1.165) is 0 Å². The highest BCUT2D eigenvalue weighted by atomic mass is 79.9. The lowest BCUT2D eigenvalue weighted by Gasteiger charge is -2.07. The normalized spacial score (nSPS) is 10.3. The minimum absolute atomic E-state index is 0.0421. The van der Waals surface area contributed by atoms with Crippen molar-refractivity contribution in [3.05, 3.63) is 45.3 Å².